The van der Waals surface area contributed by atoms with Crippen molar-refractivity contribution in [1.29, 1.82) is 0 Å². The third kappa shape index (κ3) is 3.76. The van der Waals surface area contributed by atoms with Crippen molar-refractivity contribution < 1.29 is 9.47 Å². The number of methoxy groups -OCH3 is 1. The maximum atomic E-state index is 5.94. The molecule has 0 atom stereocenters. The molecule has 0 unspecified atom stereocenters. The van der Waals surface area contributed by atoms with Crippen molar-refractivity contribution in [3.8, 4) is 11.5 Å². The van der Waals surface area contributed by atoms with Gasteiger partial charge < -0.3 is 9.47 Å². The van der Waals surface area contributed by atoms with Crippen molar-refractivity contribution in [3.05, 3.63) is 57.6 Å². The summed E-state index contributed by atoms with van der Waals surface area (Å²) in [4.78, 5) is 0. The highest BCUT2D eigenvalue weighted by molar-refractivity contribution is 9.10. The topological polar surface area (TPSA) is 18.5 Å². The molecule has 0 saturated carbocycles. The molecule has 20 heavy (non-hydrogen) atoms. The van der Waals surface area contributed by atoms with Crippen molar-refractivity contribution in [2.45, 2.75) is 18.9 Å². The molecule has 0 radical (unpaired) electrons. The summed E-state index contributed by atoms with van der Waals surface area (Å²) in [5.74, 6) is 1.73. The van der Waals surface area contributed by atoms with Crippen molar-refractivity contribution in [2.75, 3.05) is 7.11 Å². The van der Waals surface area contributed by atoms with Crippen LogP contribution < -0.4 is 9.47 Å². The molecule has 0 heterocycles. The van der Waals surface area contributed by atoms with Crippen LogP contribution in [0.1, 0.15) is 16.7 Å². The van der Waals surface area contributed by atoms with Crippen molar-refractivity contribution in [1.82, 2.24) is 0 Å². The lowest BCUT2D eigenvalue weighted by atomic mass is 10.1. The molecule has 0 aromatic heterocycles. The minimum atomic E-state index is 0.478. The number of aryl methyl sites for hydroxylation is 1. The van der Waals surface area contributed by atoms with E-state index in [2.05, 4.69) is 50.9 Å². The van der Waals surface area contributed by atoms with Gasteiger partial charge in [-0.25, -0.2) is 0 Å². The second kappa shape index (κ2) is 7.14. The van der Waals surface area contributed by atoms with Crippen LogP contribution in [0.25, 0.3) is 0 Å². The molecular formula is C16H16Br2O2. The van der Waals surface area contributed by atoms with E-state index in [1.165, 1.54) is 5.56 Å². The van der Waals surface area contributed by atoms with Crippen molar-refractivity contribution in [3.63, 3.8) is 0 Å². The standard InChI is InChI=1S/C16H16Br2O2/c1-11-3-5-16(12(7-11)9-17)20-10-13-8-14(18)4-6-15(13)19-2/h3-8H,9-10H2,1-2H3. The van der Waals surface area contributed by atoms with Crippen molar-refractivity contribution in [2.24, 2.45) is 0 Å². The normalized spacial score (nSPS) is 10.4. The van der Waals surface area contributed by atoms with E-state index in [1.807, 2.05) is 24.3 Å². The molecule has 0 saturated heterocycles. The number of alkyl halides is 1. The molecule has 0 amide bonds. The Morgan fingerprint density at radius 3 is 2.45 bits per heavy atom. The van der Waals surface area contributed by atoms with Crippen LogP contribution in [0, 0.1) is 6.92 Å². The summed E-state index contributed by atoms with van der Waals surface area (Å²) >= 11 is 6.97. The summed E-state index contributed by atoms with van der Waals surface area (Å²) < 4.78 is 12.3. The predicted molar refractivity (Wildman–Crippen MR) is 88.8 cm³/mol. The molecule has 0 aliphatic rings. The van der Waals surface area contributed by atoms with Crippen LogP contribution >= 0.6 is 31.9 Å². The number of hydrogen-bond donors (Lipinski definition) is 0. The van der Waals surface area contributed by atoms with Crippen LogP contribution in [-0.4, -0.2) is 7.11 Å². The first-order valence-corrected chi connectivity index (χ1v) is 8.16. The lowest BCUT2D eigenvalue weighted by Gasteiger charge is -2.13. The Morgan fingerprint density at radius 2 is 1.75 bits per heavy atom. The van der Waals surface area contributed by atoms with Gasteiger partial charge in [-0.1, -0.05) is 49.6 Å². The maximum absolute atomic E-state index is 5.94. The Hall–Kier alpha value is -1.00. The molecule has 0 aliphatic heterocycles. The summed E-state index contributed by atoms with van der Waals surface area (Å²) in [5.41, 5.74) is 3.40. The van der Waals surface area contributed by atoms with Crippen LogP contribution in [0.5, 0.6) is 11.5 Å². The summed E-state index contributed by atoms with van der Waals surface area (Å²) in [6.07, 6.45) is 0. The van der Waals surface area contributed by atoms with Gasteiger partial charge in [0.05, 0.1) is 7.11 Å². The van der Waals surface area contributed by atoms with Crippen LogP contribution in [0.15, 0.2) is 40.9 Å². The fourth-order valence-electron chi connectivity index (χ4n) is 1.97. The molecule has 0 spiro atoms. The van der Waals surface area contributed by atoms with Crippen LogP contribution in [0.4, 0.5) is 0 Å². The SMILES string of the molecule is COc1ccc(Br)cc1COc1ccc(C)cc1CBr. The largest absolute Gasteiger partial charge is 0.496 e. The minimum absolute atomic E-state index is 0.478. The predicted octanol–water partition coefficient (Wildman–Crippen LogP) is 5.24. The summed E-state index contributed by atoms with van der Waals surface area (Å²) in [5, 5.41) is 0.777. The average Bonchev–Trinajstić information content (AvgIpc) is 2.46. The van der Waals surface area contributed by atoms with Gasteiger partial charge in [0.2, 0.25) is 0 Å². The number of rotatable bonds is 5. The van der Waals surface area contributed by atoms with E-state index < -0.39 is 0 Å². The van der Waals surface area contributed by atoms with Gasteiger partial charge in [0.15, 0.2) is 0 Å². The van der Waals surface area contributed by atoms with Crippen LogP contribution in [0.2, 0.25) is 0 Å². The van der Waals surface area contributed by atoms with Gasteiger partial charge in [0.1, 0.15) is 18.1 Å². The number of benzene rings is 2. The molecule has 0 aliphatic carbocycles. The summed E-state index contributed by atoms with van der Waals surface area (Å²) in [7, 11) is 1.67. The fourth-order valence-corrected chi connectivity index (χ4v) is 2.82. The Labute approximate surface area is 136 Å². The first-order valence-electron chi connectivity index (χ1n) is 6.24. The Bertz CT molecular complexity index is 597. The number of halogens is 2. The molecule has 0 bridgehead atoms. The second-order valence-electron chi connectivity index (χ2n) is 4.49. The van der Waals surface area contributed by atoms with E-state index in [-0.39, 0.29) is 0 Å². The monoisotopic (exact) mass is 398 g/mol. The molecule has 2 aromatic carbocycles. The highest BCUT2D eigenvalue weighted by Gasteiger charge is 2.07. The summed E-state index contributed by atoms with van der Waals surface area (Å²) in [6.45, 7) is 2.55. The van der Waals surface area contributed by atoms with E-state index in [9.17, 15) is 0 Å². The quantitative estimate of drug-likeness (QED) is 0.640. The zero-order valence-corrected chi connectivity index (χ0v) is 14.6. The smallest absolute Gasteiger partial charge is 0.125 e. The van der Waals surface area contributed by atoms with Gasteiger partial charge in [0, 0.05) is 20.9 Å². The Balaban J connectivity index is 2.18. The number of hydrogen-bond acceptors (Lipinski definition) is 2. The first-order chi connectivity index (χ1) is 9.63. The molecule has 4 heteroatoms. The average molecular weight is 400 g/mol. The molecule has 2 aromatic rings. The lowest BCUT2D eigenvalue weighted by molar-refractivity contribution is 0.294. The van der Waals surface area contributed by atoms with E-state index in [1.54, 1.807) is 7.11 Å². The third-order valence-electron chi connectivity index (χ3n) is 2.99. The zero-order valence-electron chi connectivity index (χ0n) is 11.5. The van der Waals surface area contributed by atoms with Gasteiger partial charge in [-0.3, -0.25) is 0 Å². The fraction of sp³-hybridized carbons (Fsp3) is 0.250. The van der Waals surface area contributed by atoms with Gasteiger partial charge >= 0.3 is 0 Å². The van der Waals surface area contributed by atoms with E-state index in [4.69, 9.17) is 9.47 Å². The van der Waals surface area contributed by atoms with Gasteiger partial charge in [0.25, 0.3) is 0 Å². The first kappa shape index (κ1) is 15.4. The van der Waals surface area contributed by atoms with Crippen LogP contribution in [-0.2, 0) is 11.9 Å². The van der Waals surface area contributed by atoms with E-state index in [0.29, 0.717) is 6.61 Å². The lowest BCUT2D eigenvalue weighted by Crippen LogP contribution is -2.00. The van der Waals surface area contributed by atoms with E-state index >= 15 is 0 Å². The number of ether oxygens (including phenoxy) is 2. The van der Waals surface area contributed by atoms with E-state index in [0.717, 1.165) is 32.4 Å². The summed E-state index contributed by atoms with van der Waals surface area (Å²) in [6, 6.07) is 12.1. The van der Waals surface area contributed by atoms with Crippen LogP contribution in [0.3, 0.4) is 0 Å². The molecule has 2 nitrogen and oxygen atoms in total. The highest BCUT2D eigenvalue weighted by atomic mass is 79.9. The van der Waals surface area contributed by atoms with Gasteiger partial charge in [-0.2, -0.15) is 0 Å². The molecular weight excluding hydrogens is 384 g/mol. The molecule has 0 N–H and O–H groups in total. The van der Waals surface area contributed by atoms with Gasteiger partial charge in [-0.05, 0) is 31.2 Å². The third-order valence-corrected chi connectivity index (χ3v) is 4.08. The molecule has 2 rings (SSSR count). The maximum Gasteiger partial charge on any atom is 0.125 e. The highest BCUT2D eigenvalue weighted by Crippen LogP contribution is 2.27. The molecule has 0 fully saturated rings. The van der Waals surface area contributed by atoms with Crippen molar-refractivity contribution >= 4 is 31.9 Å². The molecule has 106 valence electrons. The Kier molecular flexibility index (Phi) is 5.49. The van der Waals surface area contributed by atoms with Gasteiger partial charge in [-0.15, -0.1) is 0 Å². The minimum Gasteiger partial charge on any atom is -0.496 e. The zero-order chi connectivity index (χ0) is 14.5. The Morgan fingerprint density at radius 1 is 1.00 bits per heavy atom. The second-order valence-corrected chi connectivity index (χ2v) is 5.97.